The second-order valence-corrected chi connectivity index (χ2v) is 6.04. The van der Waals surface area contributed by atoms with Gasteiger partial charge in [0.25, 0.3) is 5.56 Å². The lowest BCUT2D eigenvalue weighted by Gasteiger charge is -2.10. The number of hydrogen-bond donors (Lipinski definition) is 1. The number of ether oxygens (including phenoxy) is 1. The Kier molecular flexibility index (Phi) is 4.33. The topological polar surface area (TPSA) is 86.4 Å². The zero-order valence-electron chi connectivity index (χ0n) is 14.6. The minimum absolute atomic E-state index is 0.145. The van der Waals surface area contributed by atoms with Crippen LogP contribution in [-0.2, 0) is 17.9 Å². The number of carbonyl (C=O) groups is 1. The number of carbonyl (C=O) groups excluding carboxylic acids is 1. The number of methoxy groups -OCH3 is 1. The molecule has 2 aromatic heterocycles. The molecule has 136 valence electrons. The molecule has 0 unspecified atom stereocenters. The van der Waals surface area contributed by atoms with E-state index in [1.165, 1.54) is 10.9 Å². The van der Waals surface area contributed by atoms with Gasteiger partial charge < -0.3 is 14.5 Å². The normalized spacial score (nSPS) is 11.0. The molecule has 0 spiro atoms. The van der Waals surface area contributed by atoms with Crippen molar-refractivity contribution in [3.8, 4) is 5.75 Å². The lowest BCUT2D eigenvalue weighted by atomic mass is 10.2. The van der Waals surface area contributed by atoms with E-state index in [0.717, 1.165) is 10.9 Å². The molecule has 2 heterocycles. The average molecular weight is 363 g/mol. The van der Waals surface area contributed by atoms with Crippen molar-refractivity contribution >= 4 is 28.0 Å². The third kappa shape index (κ3) is 3.15. The molecule has 7 nitrogen and oxygen atoms in total. The molecule has 0 aliphatic heterocycles. The van der Waals surface area contributed by atoms with Crippen LogP contribution in [0.15, 0.2) is 64.1 Å². The Morgan fingerprint density at radius 2 is 1.96 bits per heavy atom. The van der Waals surface area contributed by atoms with Gasteiger partial charge in [0.15, 0.2) is 0 Å². The van der Waals surface area contributed by atoms with Crippen LogP contribution in [0.1, 0.15) is 5.56 Å². The number of para-hydroxylation sites is 2. The summed E-state index contributed by atoms with van der Waals surface area (Å²) in [6.45, 7) is 0.159. The summed E-state index contributed by atoms with van der Waals surface area (Å²) in [6, 6.07) is 14.7. The molecule has 0 radical (unpaired) electrons. The summed E-state index contributed by atoms with van der Waals surface area (Å²) in [5, 5.41) is 3.56. The van der Waals surface area contributed by atoms with Crippen molar-refractivity contribution in [1.82, 2.24) is 14.9 Å². The van der Waals surface area contributed by atoms with Crippen molar-refractivity contribution in [3.63, 3.8) is 0 Å². The number of nitrogens with one attached hydrogen (secondary N) is 1. The molecular weight excluding hydrogens is 346 g/mol. The van der Waals surface area contributed by atoms with Gasteiger partial charge in [-0.2, -0.15) is 0 Å². The highest BCUT2D eigenvalue weighted by Gasteiger charge is 2.14. The Bertz CT molecular complexity index is 1190. The van der Waals surface area contributed by atoms with E-state index in [1.54, 1.807) is 13.2 Å². The van der Waals surface area contributed by atoms with Gasteiger partial charge in [0.2, 0.25) is 11.5 Å². The second kappa shape index (κ2) is 6.95. The SMILES string of the molecule is COc1ccccc1CNC(=O)Cn1cnc2c(oc3ccccc32)c1=O. The molecule has 27 heavy (non-hydrogen) atoms. The van der Waals surface area contributed by atoms with Crippen molar-refractivity contribution in [2.24, 2.45) is 0 Å². The summed E-state index contributed by atoms with van der Waals surface area (Å²) < 4.78 is 12.1. The average Bonchev–Trinajstić information content (AvgIpc) is 3.08. The minimum atomic E-state index is -0.386. The van der Waals surface area contributed by atoms with Gasteiger partial charge in [0.05, 0.1) is 13.4 Å². The molecule has 0 saturated heterocycles. The highest BCUT2D eigenvalue weighted by Crippen LogP contribution is 2.24. The van der Waals surface area contributed by atoms with E-state index in [4.69, 9.17) is 9.15 Å². The molecule has 0 atom stereocenters. The summed E-state index contributed by atoms with van der Waals surface area (Å²) in [4.78, 5) is 29.2. The van der Waals surface area contributed by atoms with Crippen LogP contribution in [0.4, 0.5) is 0 Å². The number of benzene rings is 2. The van der Waals surface area contributed by atoms with E-state index in [2.05, 4.69) is 10.3 Å². The van der Waals surface area contributed by atoms with Gasteiger partial charge in [0, 0.05) is 17.5 Å². The van der Waals surface area contributed by atoms with E-state index >= 15 is 0 Å². The summed E-state index contributed by atoms with van der Waals surface area (Å²) in [7, 11) is 1.58. The smallest absolute Gasteiger partial charge is 0.297 e. The maximum absolute atomic E-state index is 12.6. The first-order valence-corrected chi connectivity index (χ1v) is 8.42. The number of rotatable bonds is 5. The Morgan fingerprint density at radius 1 is 1.19 bits per heavy atom. The third-order valence-electron chi connectivity index (χ3n) is 4.33. The molecule has 0 aliphatic carbocycles. The quantitative estimate of drug-likeness (QED) is 0.589. The zero-order valence-corrected chi connectivity index (χ0v) is 14.6. The Morgan fingerprint density at radius 3 is 2.81 bits per heavy atom. The fourth-order valence-electron chi connectivity index (χ4n) is 2.98. The number of amides is 1. The lowest BCUT2D eigenvalue weighted by molar-refractivity contribution is -0.121. The Labute approximate surface area is 154 Å². The van der Waals surface area contributed by atoms with Crippen molar-refractivity contribution in [3.05, 3.63) is 70.8 Å². The van der Waals surface area contributed by atoms with E-state index in [-0.39, 0.29) is 23.6 Å². The number of aromatic nitrogens is 2. The van der Waals surface area contributed by atoms with Crippen LogP contribution >= 0.6 is 0 Å². The summed E-state index contributed by atoms with van der Waals surface area (Å²) in [6.07, 6.45) is 1.37. The monoisotopic (exact) mass is 363 g/mol. The van der Waals surface area contributed by atoms with Crippen molar-refractivity contribution in [2.45, 2.75) is 13.1 Å². The van der Waals surface area contributed by atoms with E-state index in [0.29, 0.717) is 23.4 Å². The van der Waals surface area contributed by atoms with Gasteiger partial charge in [-0.1, -0.05) is 30.3 Å². The van der Waals surface area contributed by atoms with Crippen LogP contribution in [0.3, 0.4) is 0 Å². The number of hydrogen-bond acceptors (Lipinski definition) is 5. The number of nitrogens with zero attached hydrogens (tertiary/aromatic N) is 2. The zero-order chi connectivity index (χ0) is 18.8. The van der Waals surface area contributed by atoms with Gasteiger partial charge in [0.1, 0.15) is 23.4 Å². The van der Waals surface area contributed by atoms with E-state index in [9.17, 15) is 9.59 Å². The van der Waals surface area contributed by atoms with Crippen LogP contribution in [0.25, 0.3) is 22.1 Å². The van der Waals surface area contributed by atoms with Gasteiger partial charge in [-0.25, -0.2) is 4.98 Å². The molecule has 2 aromatic carbocycles. The first-order chi connectivity index (χ1) is 13.2. The predicted molar refractivity (Wildman–Crippen MR) is 101 cm³/mol. The molecule has 1 amide bonds. The van der Waals surface area contributed by atoms with Crippen LogP contribution < -0.4 is 15.6 Å². The van der Waals surface area contributed by atoms with Crippen molar-refractivity contribution in [2.75, 3.05) is 7.11 Å². The van der Waals surface area contributed by atoms with E-state index < -0.39 is 0 Å². The lowest BCUT2D eigenvalue weighted by Crippen LogP contribution is -2.32. The summed E-state index contributed by atoms with van der Waals surface area (Å²) in [5.74, 6) is 0.389. The third-order valence-corrected chi connectivity index (χ3v) is 4.33. The number of furan rings is 1. The highest BCUT2D eigenvalue weighted by molar-refractivity contribution is 6.01. The second-order valence-electron chi connectivity index (χ2n) is 6.04. The first-order valence-electron chi connectivity index (χ1n) is 8.42. The summed E-state index contributed by atoms with van der Waals surface area (Å²) in [5.41, 5.74) is 1.71. The van der Waals surface area contributed by atoms with Crippen LogP contribution in [-0.4, -0.2) is 22.6 Å². The first kappa shape index (κ1) is 16.8. The highest BCUT2D eigenvalue weighted by atomic mass is 16.5. The largest absolute Gasteiger partial charge is 0.496 e. The fourth-order valence-corrected chi connectivity index (χ4v) is 2.98. The van der Waals surface area contributed by atoms with Crippen LogP contribution in [0, 0.1) is 0 Å². The summed E-state index contributed by atoms with van der Waals surface area (Å²) >= 11 is 0. The molecular formula is C20H17N3O4. The van der Waals surface area contributed by atoms with Crippen molar-refractivity contribution < 1.29 is 13.9 Å². The Balaban J connectivity index is 1.54. The van der Waals surface area contributed by atoms with E-state index in [1.807, 2.05) is 42.5 Å². The Hall–Kier alpha value is -3.61. The molecule has 4 aromatic rings. The maximum Gasteiger partial charge on any atom is 0.297 e. The molecule has 0 fully saturated rings. The minimum Gasteiger partial charge on any atom is -0.496 e. The molecule has 7 heteroatoms. The maximum atomic E-state index is 12.6. The van der Waals surface area contributed by atoms with Crippen LogP contribution in [0.2, 0.25) is 0 Å². The standard InChI is InChI=1S/C20H17N3O4/c1-26-15-8-4-2-6-13(15)10-21-17(24)11-23-12-22-18-14-7-3-5-9-16(14)27-19(18)20(23)25/h2-9,12H,10-11H2,1H3,(H,21,24). The molecule has 4 rings (SSSR count). The van der Waals surface area contributed by atoms with Gasteiger partial charge in [-0.15, -0.1) is 0 Å². The molecule has 0 saturated carbocycles. The molecule has 1 N–H and O–H groups in total. The number of fused-ring (bicyclic) bond motifs is 3. The predicted octanol–water partition coefficient (Wildman–Crippen LogP) is 2.47. The van der Waals surface area contributed by atoms with Crippen molar-refractivity contribution in [1.29, 1.82) is 0 Å². The fraction of sp³-hybridized carbons (Fsp3) is 0.150. The van der Waals surface area contributed by atoms with Crippen LogP contribution in [0.5, 0.6) is 5.75 Å². The molecule has 0 aliphatic rings. The van der Waals surface area contributed by atoms with Gasteiger partial charge >= 0.3 is 0 Å². The molecule has 0 bridgehead atoms. The van der Waals surface area contributed by atoms with Gasteiger partial charge in [-0.3, -0.25) is 14.2 Å². The van der Waals surface area contributed by atoms with Gasteiger partial charge in [-0.05, 0) is 18.2 Å².